The zero-order chi connectivity index (χ0) is 28.2. The highest BCUT2D eigenvalue weighted by Gasteiger charge is 2.61. The number of benzene rings is 1. The Morgan fingerprint density at radius 1 is 0.821 bits per heavy atom. The van der Waals surface area contributed by atoms with E-state index >= 15 is 0 Å². The first kappa shape index (κ1) is 29.5. The summed E-state index contributed by atoms with van der Waals surface area (Å²) >= 11 is 0. The Balaban J connectivity index is 1.30. The Hall–Kier alpha value is -1.03. The number of halogens is 3. The summed E-state index contributed by atoms with van der Waals surface area (Å²) in [5.74, 6) is 5.46. The van der Waals surface area contributed by atoms with Gasteiger partial charge in [-0.15, -0.1) is 0 Å². The van der Waals surface area contributed by atoms with E-state index in [9.17, 15) is 18.3 Å². The molecule has 1 aromatic carbocycles. The van der Waals surface area contributed by atoms with Gasteiger partial charge in [0.1, 0.15) is 0 Å². The Kier molecular flexibility index (Phi) is 8.30. The molecule has 10 atom stereocenters. The van der Waals surface area contributed by atoms with Crippen LogP contribution in [0.5, 0.6) is 0 Å². The van der Waals surface area contributed by atoms with Crippen molar-refractivity contribution in [3.8, 4) is 0 Å². The normalized spacial score (nSPS) is 41.1. The molecule has 4 saturated carbocycles. The van der Waals surface area contributed by atoms with Crippen molar-refractivity contribution in [1.29, 1.82) is 0 Å². The molecular formula is C35H53F3O. The number of aliphatic hydroxyl groups is 1. The van der Waals surface area contributed by atoms with Crippen molar-refractivity contribution in [2.24, 2.45) is 58.2 Å². The maximum absolute atomic E-state index is 13.1. The molecule has 1 unspecified atom stereocenters. The van der Waals surface area contributed by atoms with Gasteiger partial charge in [-0.1, -0.05) is 66.0 Å². The molecule has 4 aliphatic carbocycles. The first-order valence-corrected chi connectivity index (χ1v) is 16.2. The second-order valence-corrected chi connectivity index (χ2v) is 15.3. The third-order valence-corrected chi connectivity index (χ3v) is 12.9. The minimum absolute atomic E-state index is 0.145. The van der Waals surface area contributed by atoms with E-state index in [1.807, 2.05) is 0 Å². The van der Waals surface area contributed by atoms with E-state index in [-0.39, 0.29) is 17.4 Å². The molecule has 4 aliphatic rings. The fourth-order valence-corrected chi connectivity index (χ4v) is 10.9. The van der Waals surface area contributed by atoms with Gasteiger partial charge in [0.15, 0.2) is 0 Å². The molecule has 0 spiro atoms. The molecule has 0 saturated heterocycles. The van der Waals surface area contributed by atoms with E-state index in [1.165, 1.54) is 69.9 Å². The highest BCUT2D eigenvalue weighted by molar-refractivity contribution is 5.25. The van der Waals surface area contributed by atoms with Gasteiger partial charge in [0.05, 0.1) is 11.7 Å². The van der Waals surface area contributed by atoms with E-state index in [0.717, 1.165) is 53.9 Å². The van der Waals surface area contributed by atoms with E-state index in [2.05, 4.69) is 34.6 Å². The average Bonchev–Trinajstić information content (AvgIpc) is 3.23. The molecule has 0 aromatic heterocycles. The second kappa shape index (κ2) is 11.0. The molecule has 0 radical (unpaired) electrons. The zero-order valence-corrected chi connectivity index (χ0v) is 25.1. The monoisotopic (exact) mass is 546 g/mol. The number of hydrogen-bond acceptors (Lipinski definition) is 1. The van der Waals surface area contributed by atoms with Crippen molar-refractivity contribution in [2.75, 3.05) is 0 Å². The van der Waals surface area contributed by atoms with Crippen molar-refractivity contribution in [3.05, 3.63) is 35.4 Å². The lowest BCUT2D eigenvalue weighted by Gasteiger charge is -2.63. The summed E-state index contributed by atoms with van der Waals surface area (Å²) < 4.78 is 39.3. The van der Waals surface area contributed by atoms with Gasteiger partial charge in [-0.05, 0) is 134 Å². The van der Waals surface area contributed by atoms with Gasteiger partial charge >= 0.3 is 6.18 Å². The third-order valence-electron chi connectivity index (χ3n) is 12.9. The minimum Gasteiger partial charge on any atom is -0.393 e. The Bertz CT molecular complexity index is 969. The minimum atomic E-state index is -4.31. The van der Waals surface area contributed by atoms with E-state index in [1.54, 1.807) is 12.1 Å². The fraction of sp³-hybridized carbons (Fsp3) is 0.829. The molecule has 1 nitrogen and oxygen atoms in total. The molecule has 4 heteroatoms. The molecule has 4 fully saturated rings. The Morgan fingerprint density at radius 3 is 2.13 bits per heavy atom. The average molecular weight is 547 g/mol. The second-order valence-electron chi connectivity index (χ2n) is 15.3. The molecule has 0 bridgehead atoms. The van der Waals surface area contributed by atoms with E-state index < -0.39 is 11.7 Å². The van der Waals surface area contributed by atoms with E-state index in [0.29, 0.717) is 17.8 Å². The van der Waals surface area contributed by atoms with Gasteiger partial charge < -0.3 is 5.11 Å². The highest BCUT2D eigenvalue weighted by atomic mass is 19.4. The van der Waals surface area contributed by atoms with Crippen LogP contribution >= 0.6 is 0 Å². The van der Waals surface area contributed by atoms with Crippen LogP contribution in [0.1, 0.15) is 116 Å². The number of hydrogen-bond donors (Lipinski definition) is 1. The quantitative estimate of drug-likeness (QED) is 0.361. The van der Waals surface area contributed by atoms with Crippen molar-refractivity contribution >= 4 is 0 Å². The molecule has 0 aliphatic heterocycles. The van der Waals surface area contributed by atoms with Gasteiger partial charge in [-0.25, -0.2) is 0 Å². The lowest BCUT2D eigenvalue weighted by Crippen LogP contribution is -2.57. The molecule has 1 N–H and O–H groups in total. The van der Waals surface area contributed by atoms with Crippen LogP contribution in [0.25, 0.3) is 0 Å². The Morgan fingerprint density at radius 2 is 1.46 bits per heavy atom. The molecule has 1 aromatic rings. The standard InChI is InChI=1S/C35H53F3O/c1-22(2)7-6-8-23(3)28-15-16-29-26-13-14-30-27(21-24-9-11-25(12-10-24)35(36,37)38)32(39)18-20-34(30,5)31(26)17-19-33(28,29)4/h9-12,22-23,26-32,39H,6-8,13-21H2,1-5H3/t23-,26+,27+,28-,29+,30?,31+,32-,33-,34+/m1/s1. The predicted octanol–water partition coefficient (Wildman–Crippen LogP) is 9.96. The SMILES string of the molecule is CC(C)CCC[C@@H](C)[C@H]1CC[C@H]2[C@@H]3CCC4[C@H](Cc5ccc(C(F)(F)F)cc5)[C@H](O)CC[C@]4(C)[C@H]3CC[C@]12C. The van der Waals surface area contributed by atoms with Crippen molar-refractivity contribution in [1.82, 2.24) is 0 Å². The van der Waals surface area contributed by atoms with Gasteiger partial charge in [-0.3, -0.25) is 0 Å². The maximum Gasteiger partial charge on any atom is 0.416 e. The zero-order valence-electron chi connectivity index (χ0n) is 25.1. The fourth-order valence-electron chi connectivity index (χ4n) is 10.9. The van der Waals surface area contributed by atoms with Crippen LogP contribution in [-0.4, -0.2) is 11.2 Å². The van der Waals surface area contributed by atoms with E-state index in [4.69, 9.17) is 0 Å². The van der Waals surface area contributed by atoms with Crippen LogP contribution in [0.3, 0.4) is 0 Å². The van der Waals surface area contributed by atoms with Crippen LogP contribution in [0.2, 0.25) is 0 Å². The molecule has 5 rings (SSSR count). The lowest BCUT2D eigenvalue weighted by molar-refractivity contribution is -0.152. The summed E-state index contributed by atoms with van der Waals surface area (Å²) in [6, 6.07) is 5.70. The molecule has 220 valence electrons. The van der Waals surface area contributed by atoms with Crippen molar-refractivity contribution in [2.45, 2.75) is 124 Å². The molecule has 0 amide bonds. The van der Waals surface area contributed by atoms with Gasteiger partial charge in [-0.2, -0.15) is 13.2 Å². The van der Waals surface area contributed by atoms with Crippen molar-refractivity contribution < 1.29 is 18.3 Å². The summed E-state index contributed by atoms with van der Waals surface area (Å²) in [6.07, 6.45) is 9.98. The first-order chi connectivity index (χ1) is 18.3. The van der Waals surface area contributed by atoms with Crippen LogP contribution in [0, 0.1) is 58.2 Å². The van der Waals surface area contributed by atoms with Crippen LogP contribution in [-0.2, 0) is 12.6 Å². The van der Waals surface area contributed by atoms with Crippen LogP contribution < -0.4 is 0 Å². The number of aliphatic hydroxyl groups excluding tert-OH is 1. The smallest absolute Gasteiger partial charge is 0.393 e. The van der Waals surface area contributed by atoms with Gasteiger partial charge in [0.2, 0.25) is 0 Å². The first-order valence-electron chi connectivity index (χ1n) is 16.2. The largest absolute Gasteiger partial charge is 0.416 e. The van der Waals surface area contributed by atoms with Gasteiger partial charge in [0.25, 0.3) is 0 Å². The topological polar surface area (TPSA) is 20.2 Å². The predicted molar refractivity (Wildman–Crippen MR) is 153 cm³/mol. The molecular weight excluding hydrogens is 493 g/mol. The van der Waals surface area contributed by atoms with Crippen LogP contribution in [0.15, 0.2) is 24.3 Å². The number of alkyl halides is 3. The highest BCUT2D eigenvalue weighted by Crippen LogP contribution is 2.69. The summed E-state index contributed by atoms with van der Waals surface area (Å²) in [5.41, 5.74) is 1.06. The summed E-state index contributed by atoms with van der Waals surface area (Å²) in [6.45, 7) is 12.4. The number of rotatable bonds is 7. The summed E-state index contributed by atoms with van der Waals surface area (Å²) in [5, 5.41) is 11.2. The maximum atomic E-state index is 13.1. The van der Waals surface area contributed by atoms with Crippen LogP contribution in [0.4, 0.5) is 13.2 Å². The third kappa shape index (κ3) is 5.46. The molecule has 39 heavy (non-hydrogen) atoms. The van der Waals surface area contributed by atoms with Crippen molar-refractivity contribution in [3.63, 3.8) is 0 Å². The van der Waals surface area contributed by atoms with Gasteiger partial charge in [0, 0.05) is 0 Å². The Labute approximate surface area is 235 Å². The number of fused-ring (bicyclic) bond motifs is 5. The lowest BCUT2D eigenvalue weighted by atomic mass is 9.42. The molecule has 0 heterocycles. The summed E-state index contributed by atoms with van der Waals surface area (Å²) in [4.78, 5) is 0. The summed E-state index contributed by atoms with van der Waals surface area (Å²) in [7, 11) is 0.